The van der Waals surface area contributed by atoms with Gasteiger partial charge in [0.25, 0.3) is 5.69 Å². The van der Waals surface area contributed by atoms with Gasteiger partial charge in [0.05, 0.1) is 11.0 Å². The topological polar surface area (TPSA) is 43.1 Å². The maximum absolute atomic E-state index is 12.9. The highest BCUT2D eigenvalue weighted by Crippen LogP contribution is 2.38. The second kappa shape index (κ2) is 4.37. The number of nitro groups is 1. The first-order chi connectivity index (χ1) is 7.58. The van der Waals surface area contributed by atoms with Gasteiger partial charge in [0.1, 0.15) is 5.82 Å². The van der Waals surface area contributed by atoms with E-state index in [0.29, 0.717) is 17.9 Å². The summed E-state index contributed by atoms with van der Waals surface area (Å²) in [6.07, 6.45) is 2.61. The number of alkyl halides is 1. The van der Waals surface area contributed by atoms with E-state index in [9.17, 15) is 14.5 Å². The van der Waals surface area contributed by atoms with Gasteiger partial charge in [-0.1, -0.05) is 0 Å². The second-order valence-corrected chi connectivity index (χ2v) is 4.65. The van der Waals surface area contributed by atoms with Crippen LogP contribution in [-0.4, -0.2) is 10.3 Å². The SMILES string of the molecule is O=[N+]([O-])c1cc(F)ccc1CC(Cl)C1CC1. The molecule has 86 valence electrons. The van der Waals surface area contributed by atoms with Crippen molar-refractivity contribution in [2.75, 3.05) is 0 Å². The minimum atomic E-state index is -0.590. The molecule has 1 aliphatic rings. The van der Waals surface area contributed by atoms with Gasteiger partial charge < -0.3 is 0 Å². The molecule has 0 bridgehead atoms. The lowest BCUT2D eigenvalue weighted by Crippen LogP contribution is -2.08. The van der Waals surface area contributed by atoms with Crippen molar-refractivity contribution in [1.29, 1.82) is 0 Å². The number of halogens is 2. The Balaban J connectivity index is 2.21. The van der Waals surface area contributed by atoms with Gasteiger partial charge in [0, 0.05) is 10.9 Å². The lowest BCUT2D eigenvalue weighted by Gasteiger charge is -2.08. The van der Waals surface area contributed by atoms with E-state index in [2.05, 4.69) is 0 Å². The Morgan fingerprint density at radius 2 is 2.25 bits per heavy atom. The molecule has 5 heteroatoms. The molecule has 1 aromatic rings. The van der Waals surface area contributed by atoms with Crippen molar-refractivity contribution in [2.24, 2.45) is 5.92 Å². The van der Waals surface area contributed by atoms with Crippen LogP contribution >= 0.6 is 11.6 Å². The van der Waals surface area contributed by atoms with E-state index < -0.39 is 10.7 Å². The Bertz CT molecular complexity index is 420. The van der Waals surface area contributed by atoms with Crippen LogP contribution in [0.4, 0.5) is 10.1 Å². The van der Waals surface area contributed by atoms with Gasteiger partial charge in [0.15, 0.2) is 0 Å². The van der Waals surface area contributed by atoms with E-state index in [-0.39, 0.29) is 11.1 Å². The highest BCUT2D eigenvalue weighted by molar-refractivity contribution is 6.21. The maximum Gasteiger partial charge on any atom is 0.275 e. The molecule has 1 unspecified atom stereocenters. The molecule has 0 saturated heterocycles. The molecule has 0 N–H and O–H groups in total. The van der Waals surface area contributed by atoms with E-state index in [1.54, 1.807) is 0 Å². The molecule has 1 fully saturated rings. The first-order valence-corrected chi connectivity index (χ1v) is 5.58. The van der Waals surface area contributed by atoms with Crippen molar-refractivity contribution >= 4 is 17.3 Å². The van der Waals surface area contributed by atoms with Crippen LogP contribution in [0.2, 0.25) is 0 Å². The van der Waals surface area contributed by atoms with Gasteiger partial charge >= 0.3 is 0 Å². The van der Waals surface area contributed by atoms with Crippen LogP contribution in [0.3, 0.4) is 0 Å². The first-order valence-electron chi connectivity index (χ1n) is 5.15. The largest absolute Gasteiger partial charge is 0.275 e. The zero-order valence-electron chi connectivity index (χ0n) is 8.53. The molecule has 1 aromatic carbocycles. The Labute approximate surface area is 97.4 Å². The monoisotopic (exact) mass is 243 g/mol. The van der Waals surface area contributed by atoms with Crippen molar-refractivity contribution in [3.63, 3.8) is 0 Å². The van der Waals surface area contributed by atoms with Crippen molar-refractivity contribution in [2.45, 2.75) is 24.6 Å². The summed E-state index contributed by atoms with van der Waals surface area (Å²) in [6, 6.07) is 3.63. The Kier molecular flexibility index (Phi) is 3.10. The zero-order valence-corrected chi connectivity index (χ0v) is 9.28. The summed E-state index contributed by atoms with van der Waals surface area (Å²) in [5.74, 6) is -0.126. The van der Waals surface area contributed by atoms with E-state index in [0.717, 1.165) is 18.9 Å². The fraction of sp³-hybridized carbons (Fsp3) is 0.455. The number of benzene rings is 1. The second-order valence-electron chi connectivity index (χ2n) is 4.09. The minimum absolute atomic E-state index is 0.0795. The molecular weight excluding hydrogens is 233 g/mol. The molecule has 1 atom stereocenters. The lowest BCUT2D eigenvalue weighted by molar-refractivity contribution is -0.385. The predicted octanol–water partition coefficient (Wildman–Crippen LogP) is 3.29. The summed E-state index contributed by atoms with van der Waals surface area (Å²) < 4.78 is 12.9. The summed E-state index contributed by atoms with van der Waals surface area (Å²) in [5, 5.41) is 10.7. The smallest absolute Gasteiger partial charge is 0.258 e. The molecule has 1 saturated carbocycles. The standard InChI is InChI=1S/C11H11ClFNO2/c12-10(7-1-2-7)5-8-3-4-9(13)6-11(8)14(15)16/h3-4,6-7,10H,1-2,5H2. The maximum atomic E-state index is 12.9. The predicted molar refractivity (Wildman–Crippen MR) is 59.1 cm³/mol. The summed E-state index contributed by atoms with van der Waals surface area (Å²) in [7, 11) is 0. The molecule has 1 aliphatic carbocycles. The quantitative estimate of drug-likeness (QED) is 0.463. The third-order valence-electron chi connectivity index (χ3n) is 2.79. The van der Waals surface area contributed by atoms with Crippen LogP contribution in [0.1, 0.15) is 18.4 Å². The fourth-order valence-electron chi connectivity index (χ4n) is 1.71. The lowest BCUT2D eigenvalue weighted by atomic mass is 10.1. The molecular formula is C11H11ClFNO2. The van der Waals surface area contributed by atoms with Crippen molar-refractivity contribution in [1.82, 2.24) is 0 Å². The number of hydrogen-bond acceptors (Lipinski definition) is 2. The van der Waals surface area contributed by atoms with Crippen LogP contribution in [0.25, 0.3) is 0 Å². The first kappa shape index (κ1) is 11.3. The number of nitro benzene ring substituents is 1. The molecule has 0 heterocycles. The Morgan fingerprint density at radius 1 is 1.56 bits per heavy atom. The molecule has 0 amide bonds. The highest BCUT2D eigenvalue weighted by Gasteiger charge is 2.31. The van der Waals surface area contributed by atoms with Gasteiger partial charge in [-0.05, 0) is 37.3 Å². The average molecular weight is 244 g/mol. The minimum Gasteiger partial charge on any atom is -0.258 e. The normalized spacial score (nSPS) is 17.1. The Morgan fingerprint density at radius 3 is 2.81 bits per heavy atom. The number of hydrogen-bond donors (Lipinski definition) is 0. The molecule has 0 radical (unpaired) electrons. The van der Waals surface area contributed by atoms with Crippen LogP contribution in [0, 0.1) is 21.8 Å². The molecule has 0 spiro atoms. The molecule has 0 aliphatic heterocycles. The van der Waals surface area contributed by atoms with E-state index >= 15 is 0 Å². The molecule has 2 rings (SSSR count). The van der Waals surface area contributed by atoms with Gasteiger partial charge in [-0.2, -0.15) is 0 Å². The number of nitrogens with zero attached hydrogens (tertiary/aromatic N) is 1. The van der Waals surface area contributed by atoms with Crippen LogP contribution < -0.4 is 0 Å². The van der Waals surface area contributed by atoms with Crippen LogP contribution in [-0.2, 0) is 6.42 Å². The van der Waals surface area contributed by atoms with Crippen molar-refractivity contribution in [3.05, 3.63) is 39.7 Å². The van der Waals surface area contributed by atoms with Crippen LogP contribution in [0.5, 0.6) is 0 Å². The van der Waals surface area contributed by atoms with Crippen molar-refractivity contribution in [3.8, 4) is 0 Å². The third kappa shape index (κ3) is 2.50. The van der Waals surface area contributed by atoms with E-state index in [4.69, 9.17) is 11.6 Å². The fourth-order valence-corrected chi connectivity index (χ4v) is 2.13. The molecule has 0 aromatic heterocycles. The summed E-state index contributed by atoms with van der Waals surface area (Å²) >= 11 is 6.11. The van der Waals surface area contributed by atoms with E-state index in [1.165, 1.54) is 12.1 Å². The summed E-state index contributed by atoms with van der Waals surface area (Å²) in [5.41, 5.74) is 0.338. The molecule has 3 nitrogen and oxygen atoms in total. The zero-order chi connectivity index (χ0) is 11.7. The summed E-state index contributed by atoms with van der Waals surface area (Å²) in [4.78, 5) is 10.2. The highest BCUT2D eigenvalue weighted by atomic mass is 35.5. The van der Waals surface area contributed by atoms with Gasteiger partial charge in [-0.15, -0.1) is 11.6 Å². The molecule has 16 heavy (non-hydrogen) atoms. The van der Waals surface area contributed by atoms with Gasteiger partial charge in [0.2, 0.25) is 0 Å². The van der Waals surface area contributed by atoms with Gasteiger partial charge in [-0.25, -0.2) is 4.39 Å². The summed E-state index contributed by atoms with van der Waals surface area (Å²) in [6.45, 7) is 0. The van der Waals surface area contributed by atoms with Crippen LogP contribution in [0.15, 0.2) is 18.2 Å². The average Bonchev–Trinajstić information content (AvgIpc) is 3.03. The van der Waals surface area contributed by atoms with Crippen molar-refractivity contribution < 1.29 is 9.31 Å². The number of rotatable bonds is 4. The van der Waals surface area contributed by atoms with Gasteiger partial charge in [-0.3, -0.25) is 10.1 Å². The Hall–Kier alpha value is -1.16. The van der Waals surface area contributed by atoms with E-state index in [1.807, 2.05) is 0 Å². The third-order valence-corrected chi connectivity index (χ3v) is 3.30.